The number of aliphatic carboxylic acids is 1. The lowest BCUT2D eigenvalue weighted by atomic mass is 9.93. The summed E-state index contributed by atoms with van der Waals surface area (Å²) in [5.74, 6) is -7.35. The summed E-state index contributed by atoms with van der Waals surface area (Å²) in [5, 5.41) is 295. The summed E-state index contributed by atoms with van der Waals surface area (Å²) in [6.07, 6.45) is -85.1. The number of benzene rings is 1. The third kappa shape index (κ3) is 25.1. The molecule has 56 nitrogen and oxygen atoms in total. The van der Waals surface area contributed by atoms with Crippen molar-refractivity contribution in [1.82, 2.24) is 31.9 Å². The Morgan fingerprint density at radius 3 is 1.14 bits per heavy atom. The van der Waals surface area contributed by atoms with Crippen molar-refractivity contribution < 1.29 is 246 Å². The molecular weight excluding hydrogens is 1870 g/mol. The van der Waals surface area contributed by atoms with Crippen LogP contribution in [0, 0.1) is 0 Å². The zero-order chi connectivity index (χ0) is 101. The molecule has 1 aromatic carbocycles. The van der Waals surface area contributed by atoms with Gasteiger partial charge in [-0.25, -0.2) is 9.59 Å². The Hall–Kier alpha value is -7.11. The van der Waals surface area contributed by atoms with Crippen LogP contribution >= 0.6 is 0 Å². The van der Waals surface area contributed by atoms with E-state index in [1.807, 2.05) is 25.1 Å². The second kappa shape index (κ2) is 49.5. The molecule has 28 unspecified atom stereocenters. The average Bonchev–Trinajstić information content (AvgIpc) is 1.48. The van der Waals surface area contributed by atoms with Crippen molar-refractivity contribution in [3.05, 3.63) is 65.8 Å². The highest BCUT2D eigenvalue weighted by molar-refractivity contribution is 5.87. The van der Waals surface area contributed by atoms with Crippen LogP contribution in [0.15, 0.2) is 54.6 Å². The Morgan fingerprint density at radius 1 is 0.370 bits per heavy atom. The number of aliphatic hydroxyl groups is 24. The fraction of sp³-hybridized carbons (Fsp3) is 0.768. The minimum Gasteiger partial charge on any atom is -0.480 e. The summed E-state index contributed by atoms with van der Waals surface area (Å²) < 4.78 is 108. The lowest BCUT2D eigenvalue weighted by molar-refractivity contribution is -0.398. The third-order valence-corrected chi connectivity index (χ3v) is 25.0. The maximum absolute atomic E-state index is 13.9. The summed E-state index contributed by atoms with van der Waals surface area (Å²) in [7, 11) is 0. The van der Waals surface area contributed by atoms with E-state index in [4.69, 9.17) is 85.3 Å². The molecule has 1 aromatic rings. The first-order valence-electron chi connectivity index (χ1n) is 44.0. The topological polar surface area (TPSA) is 864 Å². The number of fused-ring (bicyclic) bond motifs is 1. The summed E-state index contributed by atoms with van der Waals surface area (Å²) in [4.78, 5) is 92.4. The fourth-order valence-corrected chi connectivity index (χ4v) is 17.9. The van der Waals surface area contributed by atoms with Gasteiger partial charge in [0.2, 0.25) is 29.5 Å². The van der Waals surface area contributed by atoms with Crippen LogP contribution in [0.1, 0.15) is 58.1 Å². The van der Waals surface area contributed by atoms with Crippen LogP contribution in [0.5, 0.6) is 0 Å². The fourth-order valence-electron chi connectivity index (χ4n) is 17.9. The molecule has 9 fully saturated rings. The third-order valence-electron chi connectivity index (χ3n) is 25.0. The molecule has 9 aliphatic heterocycles. The number of carbonyl (C=O) groups excluding carboxylic acids is 6. The van der Waals surface area contributed by atoms with Crippen molar-refractivity contribution in [3.8, 4) is 0 Å². The Labute approximate surface area is 783 Å². The van der Waals surface area contributed by atoms with E-state index < -0.39 is 395 Å². The van der Waals surface area contributed by atoms with Crippen LogP contribution in [0.3, 0.4) is 0 Å². The van der Waals surface area contributed by atoms with Gasteiger partial charge in [-0.15, -0.1) is 0 Å². The number of rotatable bonds is 38. The van der Waals surface area contributed by atoms with Gasteiger partial charge < -0.3 is 245 Å². The molecule has 0 radical (unpaired) electrons. The van der Waals surface area contributed by atoms with Crippen molar-refractivity contribution >= 4 is 47.2 Å². The molecule has 10 aliphatic rings. The van der Waals surface area contributed by atoms with E-state index >= 15 is 0 Å². The Morgan fingerprint density at radius 2 is 0.717 bits per heavy atom. The molecule has 47 atom stereocenters. The van der Waals surface area contributed by atoms with Gasteiger partial charge in [-0.1, -0.05) is 49.1 Å². The summed E-state index contributed by atoms with van der Waals surface area (Å²) in [5.41, 5.74) is 3.31. The number of hydrogen-bond acceptors (Lipinski definition) is 49. The van der Waals surface area contributed by atoms with Gasteiger partial charge in [-0.2, -0.15) is 0 Å². The molecule has 31 N–H and O–H groups in total. The van der Waals surface area contributed by atoms with Crippen LogP contribution < -0.4 is 31.9 Å². The van der Waals surface area contributed by atoms with E-state index in [1.54, 1.807) is 18.2 Å². The zero-order valence-corrected chi connectivity index (χ0v) is 74.5. The van der Waals surface area contributed by atoms with Gasteiger partial charge in [0.25, 0.3) is 0 Å². The molecule has 0 bridgehead atoms. The molecule has 0 aromatic heterocycles. The zero-order valence-electron chi connectivity index (χ0n) is 74.5. The predicted molar refractivity (Wildman–Crippen MR) is 441 cm³/mol. The smallest absolute Gasteiger partial charge is 0.407 e. The number of hydrogen-bond donors (Lipinski definition) is 31. The number of ether oxygens (including phenoxy) is 18. The second-order valence-corrected chi connectivity index (χ2v) is 34.4. The first kappa shape index (κ1) is 111. The molecule has 6 amide bonds. The first-order valence-corrected chi connectivity index (χ1v) is 44.0. The van der Waals surface area contributed by atoms with Crippen LogP contribution in [0.4, 0.5) is 4.79 Å². The molecule has 782 valence electrons. The van der Waals surface area contributed by atoms with Gasteiger partial charge in [0.1, 0.15) is 232 Å². The van der Waals surface area contributed by atoms with Crippen molar-refractivity contribution in [2.24, 2.45) is 0 Å². The summed E-state index contributed by atoms with van der Waals surface area (Å²) in [6, 6.07) is -2.59. The van der Waals surface area contributed by atoms with Crippen LogP contribution in [0.2, 0.25) is 0 Å². The van der Waals surface area contributed by atoms with Gasteiger partial charge >= 0.3 is 12.1 Å². The van der Waals surface area contributed by atoms with Gasteiger partial charge in [0, 0.05) is 33.6 Å². The maximum atomic E-state index is 13.9. The first-order chi connectivity index (χ1) is 65.5. The van der Waals surface area contributed by atoms with Gasteiger partial charge in [-0.05, 0) is 29.2 Å². The SMILES string of the molecule is C=C/C=C\C1=C(C)c2ccccc2C1COC(=O)NC(CC(=O)N[C@@H]1OC(CO)[C@@H](O[C@@H]2OC(CO)[C@@H](O[C@@H]3OC(CO[C@H]4OC(CO)[C@@H](O)C(O)C4O[C@@H]4OC(CO)[C@@H](O[C@@H]5OC(CO)[C@H](O)C(O)C5O)C(O)C4NC(C)=O)[C@@H](O)C(O[C@H]4O[C@H](CO)[C@H](O)C(O)C4O[C@@H]4OC(CO)[C@@H](O[C@@H]5OC(CO)[C@H](O)C(O)C5O)C(O)C4NC(C)=O)C3O)C(O)C2NC(C)=O)C(O)C1NC(C)=O)C(=O)O. The maximum Gasteiger partial charge on any atom is 0.407 e. The summed E-state index contributed by atoms with van der Waals surface area (Å²) in [6.45, 7) is -1.39. The van der Waals surface area contributed by atoms with Gasteiger partial charge in [0.05, 0.1) is 65.9 Å². The Kier molecular flexibility index (Phi) is 39.9. The number of carbonyl (C=O) groups is 7. The largest absolute Gasteiger partial charge is 0.480 e. The quantitative estimate of drug-likeness (QED) is 0.0273. The highest BCUT2D eigenvalue weighted by Gasteiger charge is 2.62. The number of allylic oxidation sites excluding steroid dienone is 4. The van der Waals surface area contributed by atoms with Crippen LogP contribution in [0.25, 0.3) is 5.57 Å². The standard InChI is InChI=1S/C82H124N6O50/c1-7-8-11-31-25(2)30-12-9-10-13-32(30)33(31)23-122-82(120)87-34(73(118)119)14-44(101)88-72-45(83-26(3)97)54(107)65(39(19-93)123-72)132-74-46(84-27(4)98)55(108)68(42(22-96)128-74)135-79-64(117)69(136-81-71(61(114)52(105)38(18-92)127-81)138-76-48(86-29(6)100)57(110)67(41(21-95)130-76)134-78-63(116)59(112)50(103)36(16-90)125-78)53(106)43(131-79)24-121-80-70(60(113)51(104)37(17-91)126-80)137-75-47(85-28(5)99)56(109)66(40(20-94)129-75)133-77-62(115)58(111)49(102)35(15-89)124-77/h7-13,33-43,45-72,74-81,89-96,102-117H,1,14-24H2,2-6H3,(H,83,97)(H,84,98)(H,85,99)(H,86,100)(H,87,120)(H,88,101)(H,118,119)/b11-8-/t33?,34?,35?,36?,37?,38-,39?,40?,41?,42?,43?,45?,46?,47?,48?,49+,50+,51-,52+,53-,54?,55?,56?,57?,58?,59?,60?,61?,62?,63?,64?,65-,66-,67-,68-,69?,70?,71?,72-,74+,75+,76+,77+,78+,79+,80+,81-/m1/s1. The van der Waals surface area contributed by atoms with Crippen molar-refractivity contribution in [3.63, 3.8) is 0 Å². The molecule has 9 heterocycles. The van der Waals surface area contributed by atoms with Crippen LogP contribution in [-0.4, -0.2) is 517 Å². The molecule has 1 aliphatic carbocycles. The molecular formula is C82H124N6O50. The average molecular weight is 1990 g/mol. The van der Waals surface area contributed by atoms with Crippen molar-refractivity contribution in [2.45, 2.75) is 329 Å². The molecule has 0 saturated carbocycles. The van der Waals surface area contributed by atoms with E-state index in [1.165, 1.54) is 6.08 Å². The van der Waals surface area contributed by atoms with Gasteiger partial charge in [-0.3, -0.25) is 24.0 Å². The molecule has 0 spiro atoms. The van der Waals surface area contributed by atoms with E-state index in [0.29, 0.717) is 0 Å². The Bertz CT molecular complexity index is 4250. The molecule has 138 heavy (non-hydrogen) atoms. The lowest BCUT2D eigenvalue weighted by Gasteiger charge is -2.51. The summed E-state index contributed by atoms with van der Waals surface area (Å²) >= 11 is 0. The number of carboxylic acids is 1. The number of alkyl carbamates (subject to hydrolysis) is 1. The van der Waals surface area contributed by atoms with E-state index in [-0.39, 0.29) is 6.61 Å². The Balaban J connectivity index is 0.878. The van der Waals surface area contributed by atoms with Crippen molar-refractivity contribution in [1.29, 1.82) is 0 Å². The molecule has 9 saturated heterocycles. The second-order valence-electron chi connectivity index (χ2n) is 34.4. The lowest BCUT2D eigenvalue weighted by Crippen LogP contribution is -2.72. The number of carboxylic acid groups (broad SMARTS) is 1. The van der Waals surface area contributed by atoms with E-state index in [0.717, 1.165) is 50.0 Å². The minimum atomic E-state index is -2.66. The van der Waals surface area contributed by atoms with Crippen LogP contribution in [-0.2, 0) is 114 Å². The van der Waals surface area contributed by atoms with E-state index in [2.05, 4.69) is 38.5 Å². The number of aliphatic hydroxyl groups excluding tert-OH is 24. The van der Waals surface area contributed by atoms with Crippen molar-refractivity contribution in [2.75, 3.05) is 66.1 Å². The number of amides is 6. The highest BCUT2D eigenvalue weighted by atomic mass is 16.8. The van der Waals surface area contributed by atoms with Gasteiger partial charge in [0.15, 0.2) is 56.5 Å². The minimum absolute atomic E-state index is 0.292. The monoisotopic (exact) mass is 1990 g/mol. The molecule has 56 heteroatoms. The number of nitrogens with one attached hydrogen (secondary N) is 6. The normalized spacial score (nSPS) is 43.0. The molecule has 11 rings (SSSR count). The van der Waals surface area contributed by atoms with E-state index in [9.17, 15) is 161 Å². The highest BCUT2D eigenvalue weighted by Crippen LogP contribution is 2.44. The predicted octanol–water partition coefficient (Wildman–Crippen LogP) is -17.0.